The molecule has 0 bridgehead atoms. The molecule has 1 aliphatic rings. The SMILES string of the molecule is CCOC(=O)c1ccc(C#Cc2ccccc2OC2CCCCO2)nc1. The number of benzene rings is 1. The average Bonchev–Trinajstić information content (AvgIpc) is 2.69. The van der Waals surface area contributed by atoms with Gasteiger partial charge in [-0.05, 0) is 50.0 Å². The van der Waals surface area contributed by atoms with E-state index in [1.807, 2.05) is 24.3 Å². The van der Waals surface area contributed by atoms with Crippen molar-refractivity contribution in [3.8, 4) is 17.6 Å². The van der Waals surface area contributed by atoms with Crippen molar-refractivity contribution in [2.45, 2.75) is 32.5 Å². The molecule has 1 saturated heterocycles. The van der Waals surface area contributed by atoms with Crippen LogP contribution in [0.1, 0.15) is 47.8 Å². The predicted octanol–water partition coefficient (Wildman–Crippen LogP) is 3.56. The van der Waals surface area contributed by atoms with Crippen LogP contribution in [-0.4, -0.2) is 30.5 Å². The van der Waals surface area contributed by atoms with Crippen LogP contribution >= 0.6 is 0 Å². The van der Waals surface area contributed by atoms with Gasteiger partial charge in [0.2, 0.25) is 0 Å². The number of pyridine rings is 1. The molecule has 1 atom stereocenters. The van der Waals surface area contributed by atoms with E-state index in [-0.39, 0.29) is 12.3 Å². The first-order chi connectivity index (χ1) is 12.8. The molecule has 0 spiro atoms. The van der Waals surface area contributed by atoms with E-state index in [1.165, 1.54) is 6.20 Å². The van der Waals surface area contributed by atoms with E-state index in [4.69, 9.17) is 14.2 Å². The third kappa shape index (κ3) is 4.84. The number of carbonyl (C=O) groups excluding carboxylic acids is 1. The Balaban J connectivity index is 1.72. The van der Waals surface area contributed by atoms with Gasteiger partial charge in [-0.15, -0.1) is 0 Å². The summed E-state index contributed by atoms with van der Waals surface area (Å²) in [6.45, 7) is 2.83. The number of nitrogens with zero attached hydrogens (tertiary/aromatic N) is 1. The van der Waals surface area contributed by atoms with Gasteiger partial charge < -0.3 is 14.2 Å². The van der Waals surface area contributed by atoms with Gasteiger partial charge in [-0.3, -0.25) is 0 Å². The quantitative estimate of drug-likeness (QED) is 0.623. The first-order valence-electron chi connectivity index (χ1n) is 8.78. The standard InChI is InChI=1S/C21H21NO4/c1-2-24-21(23)17-11-13-18(22-15-17)12-10-16-7-3-4-8-19(16)26-20-9-5-6-14-25-20/h3-4,7-8,11,13,15,20H,2,5-6,9,14H2,1H3. The molecular weight excluding hydrogens is 330 g/mol. The third-order valence-corrected chi connectivity index (χ3v) is 3.88. The minimum atomic E-state index is -0.384. The summed E-state index contributed by atoms with van der Waals surface area (Å²) < 4.78 is 16.5. The van der Waals surface area contributed by atoms with Crippen molar-refractivity contribution >= 4 is 5.97 Å². The highest BCUT2D eigenvalue weighted by Crippen LogP contribution is 2.22. The topological polar surface area (TPSA) is 57.7 Å². The smallest absolute Gasteiger partial charge is 0.339 e. The van der Waals surface area contributed by atoms with Gasteiger partial charge in [0, 0.05) is 12.6 Å². The molecule has 3 rings (SSSR count). The van der Waals surface area contributed by atoms with Crippen LogP contribution in [0, 0.1) is 11.8 Å². The fourth-order valence-electron chi connectivity index (χ4n) is 2.55. The Hall–Kier alpha value is -2.84. The normalized spacial score (nSPS) is 16.3. The van der Waals surface area contributed by atoms with E-state index in [0.29, 0.717) is 23.6 Å². The molecule has 0 aliphatic carbocycles. The Morgan fingerprint density at radius 1 is 1.23 bits per heavy atom. The Morgan fingerprint density at radius 2 is 2.12 bits per heavy atom. The number of aromatic nitrogens is 1. The summed E-state index contributed by atoms with van der Waals surface area (Å²) in [5.41, 5.74) is 1.76. The molecule has 26 heavy (non-hydrogen) atoms. The summed E-state index contributed by atoms with van der Waals surface area (Å²) in [7, 11) is 0. The van der Waals surface area contributed by atoms with E-state index < -0.39 is 0 Å². The fraction of sp³-hybridized carbons (Fsp3) is 0.333. The molecule has 1 aromatic heterocycles. The molecule has 1 unspecified atom stereocenters. The minimum Gasteiger partial charge on any atom is -0.464 e. The molecule has 1 aromatic carbocycles. The van der Waals surface area contributed by atoms with Crippen molar-refractivity contribution in [2.24, 2.45) is 0 Å². The number of hydrogen-bond donors (Lipinski definition) is 0. The Kier molecular flexibility index (Phi) is 6.24. The fourth-order valence-corrected chi connectivity index (χ4v) is 2.55. The Labute approximate surface area is 153 Å². The van der Waals surface area contributed by atoms with Gasteiger partial charge in [0.15, 0.2) is 6.29 Å². The van der Waals surface area contributed by atoms with Crippen molar-refractivity contribution in [3.05, 3.63) is 59.4 Å². The summed E-state index contributed by atoms with van der Waals surface area (Å²) >= 11 is 0. The number of carbonyl (C=O) groups is 1. The van der Waals surface area contributed by atoms with E-state index in [9.17, 15) is 4.79 Å². The van der Waals surface area contributed by atoms with E-state index in [1.54, 1.807) is 19.1 Å². The highest BCUT2D eigenvalue weighted by Gasteiger charge is 2.16. The van der Waals surface area contributed by atoms with Gasteiger partial charge in [0.25, 0.3) is 0 Å². The highest BCUT2D eigenvalue weighted by atomic mass is 16.7. The number of rotatable bonds is 4. The second-order valence-corrected chi connectivity index (χ2v) is 5.81. The minimum absolute atomic E-state index is 0.214. The molecule has 1 fully saturated rings. The van der Waals surface area contributed by atoms with Gasteiger partial charge in [0.1, 0.15) is 11.4 Å². The Morgan fingerprint density at radius 3 is 2.85 bits per heavy atom. The maximum atomic E-state index is 11.6. The van der Waals surface area contributed by atoms with Gasteiger partial charge in [-0.1, -0.05) is 18.1 Å². The second-order valence-electron chi connectivity index (χ2n) is 5.81. The molecule has 0 radical (unpaired) electrons. The lowest BCUT2D eigenvalue weighted by Gasteiger charge is -2.23. The van der Waals surface area contributed by atoms with Gasteiger partial charge in [-0.25, -0.2) is 9.78 Å². The van der Waals surface area contributed by atoms with Crippen LogP contribution < -0.4 is 4.74 Å². The lowest BCUT2D eigenvalue weighted by molar-refractivity contribution is -0.106. The van der Waals surface area contributed by atoms with Crippen LogP contribution in [0.25, 0.3) is 0 Å². The number of esters is 1. The predicted molar refractivity (Wildman–Crippen MR) is 96.8 cm³/mol. The molecule has 0 N–H and O–H groups in total. The molecule has 5 nitrogen and oxygen atoms in total. The molecule has 0 amide bonds. The number of hydrogen-bond acceptors (Lipinski definition) is 5. The third-order valence-electron chi connectivity index (χ3n) is 3.88. The van der Waals surface area contributed by atoms with E-state index in [2.05, 4.69) is 16.8 Å². The highest BCUT2D eigenvalue weighted by molar-refractivity contribution is 5.89. The largest absolute Gasteiger partial charge is 0.464 e. The molecule has 0 saturated carbocycles. The lowest BCUT2D eigenvalue weighted by Crippen LogP contribution is -2.25. The van der Waals surface area contributed by atoms with Crippen molar-refractivity contribution in [1.29, 1.82) is 0 Å². The van der Waals surface area contributed by atoms with Crippen molar-refractivity contribution in [3.63, 3.8) is 0 Å². The number of para-hydroxylation sites is 1. The molecule has 134 valence electrons. The van der Waals surface area contributed by atoms with Crippen LogP contribution in [-0.2, 0) is 9.47 Å². The zero-order valence-corrected chi connectivity index (χ0v) is 14.7. The molecule has 5 heteroatoms. The van der Waals surface area contributed by atoms with Crippen molar-refractivity contribution < 1.29 is 19.0 Å². The molecule has 1 aliphatic heterocycles. The maximum Gasteiger partial charge on any atom is 0.339 e. The van der Waals surface area contributed by atoms with Gasteiger partial charge in [0.05, 0.1) is 24.3 Å². The summed E-state index contributed by atoms with van der Waals surface area (Å²) in [5.74, 6) is 6.41. The molecule has 2 aromatic rings. The zero-order chi connectivity index (χ0) is 18.2. The zero-order valence-electron chi connectivity index (χ0n) is 14.7. The first kappa shape index (κ1) is 18.0. The lowest BCUT2D eigenvalue weighted by atomic mass is 10.2. The molecule has 2 heterocycles. The molecular formula is C21H21NO4. The average molecular weight is 351 g/mol. The van der Waals surface area contributed by atoms with Crippen LogP contribution in [0.4, 0.5) is 0 Å². The van der Waals surface area contributed by atoms with Gasteiger partial charge in [-0.2, -0.15) is 0 Å². The van der Waals surface area contributed by atoms with Crippen molar-refractivity contribution in [2.75, 3.05) is 13.2 Å². The summed E-state index contributed by atoms with van der Waals surface area (Å²) in [6.07, 6.45) is 4.33. The summed E-state index contributed by atoms with van der Waals surface area (Å²) in [6, 6.07) is 11.0. The second kappa shape index (κ2) is 9.02. The summed E-state index contributed by atoms with van der Waals surface area (Å²) in [4.78, 5) is 15.8. The Bertz CT molecular complexity index is 799. The number of ether oxygens (including phenoxy) is 3. The van der Waals surface area contributed by atoms with Crippen LogP contribution in [0.5, 0.6) is 5.75 Å². The monoisotopic (exact) mass is 351 g/mol. The van der Waals surface area contributed by atoms with Gasteiger partial charge >= 0.3 is 5.97 Å². The van der Waals surface area contributed by atoms with Crippen LogP contribution in [0.2, 0.25) is 0 Å². The van der Waals surface area contributed by atoms with Crippen LogP contribution in [0.15, 0.2) is 42.6 Å². The van der Waals surface area contributed by atoms with Crippen LogP contribution in [0.3, 0.4) is 0 Å². The van der Waals surface area contributed by atoms with E-state index >= 15 is 0 Å². The summed E-state index contributed by atoms with van der Waals surface area (Å²) in [5, 5.41) is 0. The van der Waals surface area contributed by atoms with Crippen molar-refractivity contribution in [1.82, 2.24) is 4.98 Å². The van der Waals surface area contributed by atoms with E-state index in [0.717, 1.165) is 31.4 Å². The first-order valence-corrected chi connectivity index (χ1v) is 8.78. The maximum absolute atomic E-state index is 11.6.